The molecule has 20 heavy (non-hydrogen) atoms. The molecule has 0 rings (SSSR count). The molecule has 0 aromatic carbocycles. The third-order valence-corrected chi connectivity index (χ3v) is 5.72. The Kier molecular flexibility index (Phi) is 10.4. The van der Waals surface area contributed by atoms with E-state index >= 15 is 0 Å². The number of sulfonamides is 1. The summed E-state index contributed by atoms with van der Waals surface area (Å²) in [5, 5.41) is 6.51. The first-order valence-corrected chi connectivity index (χ1v) is 10.4. The quantitative estimate of drug-likeness (QED) is 0.524. The van der Waals surface area contributed by atoms with Crippen LogP contribution in [0.5, 0.6) is 0 Å². The average Bonchev–Trinajstić information content (AvgIpc) is 2.28. The van der Waals surface area contributed by atoms with E-state index in [4.69, 9.17) is 5.14 Å². The molecule has 0 heterocycles. The minimum absolute atomic E-state index is 0.235. The topological polar surface area (TPSA) is 104 Å². The van der Waals surface area contributed by atoms with E-state index in [1.54, 1.807) is 0 Å². The van der Waals surface area contributed by atoms with Crippen LogP contribution >= 0.6 is 0 Å². The van der Waals surface area contributed by atoms with Gasteiger partial charge in [-0.3, -0.25) is 0 Å². The summed E-state index contributed by atoms with van der Waals surface area (Å²) < 4.78 is 44.9. The molecular formula is C12H27N2O4S2. The summed E-state index contributed by atoms with van der Waals surface area (Å²) in [6.45, 7) is 2.19. The Labute approximate surface area is 123 Å². The first kappa shape index (κ1) is 19.8. The van der Waals surface area contributed by atoms with Crippen molar-refractivity contribution in [3.05, 3.63) is 0 Å². The third-order valence-electron chi connectivity index (χ3n) is 3.00. The molecule has 0 aliphatic carbocycles. The van der Waals surface area contributed by atoms with Gasteiger partial charge in [0.25, 0.3) is 0 Å². The molecule has 0 fully saturated rings. The summed E-state index contributed by atoms with van der Waals surface area (Å²) in [4.78, 5) is 0. The maximum Gasteiger partial charge on any atom is 0.303 e. The molecule has 2 N–H and O–H groups in total. The molecule has 0 aromatic rings. The largest absolute Gasteiger partial charge is 0.303 e. The fraction of sp³-hybridized carbons (Fsp3) is 1.00. The predicted octanol–water partition coefficient (Wildman–Crippen LogP) is 2.35. The van der Waals surface area contributed by atoms with Crippen LogP contribution in [0.25, 0.3) is 0 Å². The Morgan fingerprint density at radius 2 is 1.15 bits per heavy atom. The van der Waals surface area contributed by atoms with Crippen molar-refractivity contribution in [1.29, 1.82) is 0 Å². The lowest BCUT2D eigenvalue weighted by molar-refractivity contribution is 0.555. The van der Waals surface area contributed by atoms with Gasteiger partial charge in [0.05, 0.1) is 5.75 Å². The van der Waals surface area contributed by atoms with Gasteiger partial charge in [0.15, 0.2) is 0 Å². The van der Waals surface area contributed by atoms with Crippen molar-refractivity contribution in [2.75, 3.05) is 5.75 Å². The zero-order valence-corrected chi connectivity index (χ0v) is 13.9. The lowest BCUT2D eigenvalue weighted by Crippen LogP contribution is -2.32. The lowest BCUT2D eigenvalue weighted by Gasteiger charge is -2.04. The van der Waals surface area contributed by atoms with Crippen molar-refractivity contribution in [1.82, 2.24) is 9.27 Å². The Hall–Kier alpha value is -0.180. The fourth-order valence-corrected chi connectivity index (χ4v) is 4.24. The molecule has 0 saturated heterocycles. The second-order valence-electron chi connectivity index (χ2n) is 5.09. The van der Waals surface area contributed by atoms with Gasteiger partial charge in [-0.15, -0.1) is 5.14 Å². The van der Waals surface area contributed by atoms with Crippen LogP contribution in [0.3, 0.4) is 0 Å². The molecule has 0 atom stereocenters. The number of unbranched alkanes of at least 4 members (excludes halogenated alkanes) is 9. The molecule has 0 bridgehead atoms. The van der Waals surface area contributed by atoms with Crippen molar-refractivity contribution >= 4 is 20.2 Å². The van der Waals surface area contributed by atoms with Crippen LogP contribution in [-0.2, 0) is 20.2 Å². The summed E-state index contributed by atoms with van der Waals surface area (Å²) in [5.74, 6) is -0.235. The minimum atomic E-state index is -4.43. The van der Waals surface area contributed by atoms with Gasteiger partial charge in [-0.05, 0) is 6.42 Å². The molecule has 0 amide bonds. The van der Waals surface area contributed by atoms with E-state index in [-0.39, 0.29) is 5.75 Å². The van der Waals surface area contributed by atoms with Crippen molar-refractivity contribution in [3.8, 4) is 0 Å². The molecule has 1 radical (unpaired) electrons. The molecule has 0 spiro atoms. The maximum absolute atomic E-state index is 11.3. The van der Waals surface area contributed by atoms with E-state index in [0.29, 0.717) is 6.42 Å². The second-order valence-corrected chi connectivity index (χ2v) is 8.40. The Morgan fingerprint density at radius 3 is 1.55 bits per heavy atom. The Morgan fingerprint density at radius 1 is 0.750 bits per heavy atom. The van der Waals surface area contributed by atoms with E-state index in [2.05, 4.69) is 6.92 Å². The molecule has 8 heteroatoms. The molecule has 0 unspecified atom stereocenters. The summed E-state index contributed by atoms with van der Waals surface area (Å²) >= 11 is 0. The average molecular weight is 327 g/mol. The second kappa shape index (κ2) is 10.5. The molecule has 0 aromatic heterocycles. The van der Waals surface area contributed by atoms with E-state index < -0.39 is 20.2 Å². The summed E-state index contributed by atoms with van der Waals surface area (Å²) in [7, 11) is -8.30. The maximum atomic E-state index is 11.3. The monoisotopic (exact) mass is 327 g/mol. The van der Waals surface area contributed by atoms with E-state index in [0.717, 1.165) is 19.3 Å². The lowest BCUT2D eigenvalue weighted by atomic mass is 10.1. The fourth-order valence-electron chi connectivity index (χ4n) is 1.99. The third kappa shape index (κ3) is 14.2. The van der Waals surface area contributed by atoms with Crippen LogP contribution in [0.2, 0.25) is 0 Å². The molecule has 0 saturated carbocycles. The minimum Gasteiger partial charge on any atom is -0.211 e. The van der Waals surface area contributed by atoms with Gasteiger partial charge in [0, 0.05) is 0 Å². The Balaban J connectivity index is 3.49. The van der Waals surface area contributed by atoms with Gasteiger partial charge in [-0.1, -0.05) is 68.8 Å². The highest BCUT2D eigenvalue weighted by atomic mass is 32.3. The van der Waals surface area contributed by atoms with Crippen molar-refractivity contribution in [2.24, 2.45) is 0 Å². The van der Waals surface area contributed by atoms with Crippen molar-refractivity contribution in [3.63, 3.8) is 0 Å². The number of hydrogen-bond donors (Lipinski definition) is 1. The van der Waals surface area contributed by atoms with Gasteiger partial charge < -0.3 is 0 Å². The summed E-state index contributed by atoms with van der Waals surface area (Å²) in [6, 6.07) is 0. The van der Waals surface area contributed by atoms with Crippen LogP contribution in [0.15, 0.2) is 0 Å². The standard InChI is InChI=1S/C12H27N2O4S2/c1-2-3-4-5-6-7-8-9-10-11-12-19(15,16)14-20(13,17)18/h13-14H,2-12H2,1H3. The highest BCUT2D eigenvalue weighted by Gasteiger charge is 2.16. The van der Waals surface area contributed by atoms with E-state index in [1.165, 1.54) is 42.7 Å². The zero-order valence-electron chi connectivity index (χ0n) is 12.2. The van der Waals surface area contributed by atoms with E-state index in [9.17, 15) is 16.8 Å². The molecule has 121 valence electrons. The number of nitrogens with one attached hydrogen (secondary N) is 2. The predicted molar refractivity (Wildman–Crippen MR) is 80.8 cm³/mol. The van der Waals surface area contributed by atoms with Gasteiger partial charge in [-0.2, -0.15) is 8.42 Å². The van der Waals surface area contributed by atoms with Crippen LogP contribution < -0.4 is 9.27 Å². The van der Waals surface area contributed by atoms with Crippen LogP contribution in [0, 0.1) is 0 Å². The smallest absolute Gasteiger partial charge is 0.211 e. The van der Waals surface area contributed by atoms with Crippen LogP contribution in [0.1, 0.15) is 71.1 Å². The summed E-state index contributed by atoms with van der Waals surface area (Å²) in [6.07, 6.45) is 10.8. The molecular weight excluding hydrogens is 300 g/mol. The van der Waals surface area contributed by atoms with Gasteiger partial charge in [0.2, 0.25) is 10.0 Å². The van der Waals surface area contributed by atoms with Gasteiger partial charge in [0.1, 0.15) is 0 Å². The van der Waals surface area contributed by atoms with Crippen molar-refractivity contribution in [2.45, 2.75) is 71.1 Å². The van der Waals surface area contributed by atoms with Crippen LogP contribution in [0.4, 0.5) is 0 Å². The first-order valence-electron chi connectivity index (χ1n) is 7.27. The Bertz CT molecular complexity index is 432. The molecule has 0 aliphatic rings. The highest BCUT2D eigenvalue weighted by molar-refractivity contribution is 8.03. The summed E-state index contributed by atoms with van der Waals surface area (Å²) in [5.41, 5.74) is 0. The van der Waals surface area contributed by atoms with E-state index in [1.807, 2.05) is 0 Å². The highest BCUT2D eigenvalue weighted by Crippen LogP contribution is 2.10. The molecule has 0 aliphatic heterocycles. The first-order chi connectivity index (χ1) is 9.27. The van der Waals surface area contributed by atoms with Gasteiger partial charge in [-0.25, -0.2) is 8.42 Å². The SMILES string of the molecule is CCCCCCCCCCCCS(=O)(=O)NS([NH])(=O)=O. The number of hydrogen-bond acceptors (Lipinski definition) is 4. The van der Waals surface area contributed by atoms with Crippen molar-refractivity contribution < 1.29 is 16.8 Å². The molecule has 6 nitrogen and oxygen atoms in total. The normalized spacial score (nSPS) is 12.7. The van der Waals surface area contributed by atoms with Crippen LogP contribution in [-0.4, -0.2) is 22.6 Å². The zero-order chi connectivity index (χ0) is 15.5. The number of rotatable bonds is 13. The van der Waals surface area contributed by atoms with Gasteiger partial charge >= 0.3 is 10.2 Å².